The smallest absolute Gasteiger partial charge is 0.254 e. The highest BCUT2D eigenvalue weighted by molar-refractivity contribution is 5.95. The maximum atomic E-state index is 13.2. The number of benzene rings is 2. The fourth-order valence-corrected chi connectivity index (χ4v) is 3.75. The van der Waals surface area contributed by atoms with Gasteiger partial charge in [0, 0.05) is 24.2 Å². The van der Waals surface area contributed by atoms with E-state index in [1.54, 1.807) is 0 Å². The van der Waals surface area contributed by atoms with Crippen molar-refractivity contribution in [2.24, 2.45) is 0 Å². The summed E-state index contributed by atoms with van der Waals surface area (Å²) in [5.41, 5.74) is 3.55. The van der Waals surface area contributed by atoms with E-state index in [9.17, 15) is 9.90 Å². The maximum absolute atomic E-state index is 13.2. The lowest BCUT2D eigenvalue weighted by Gasteiger charge is -2.28. The molecule has 28 heavy (non-hydrogen) atoms. The Balaban J connectivity index is 1.90. The summed E-state index contributed by atoms with van der Waals surface area (Å²) < 4.78 is 5.88. The Morgan fingerprint density at radius 3 is 2.68 bits per heavy atom. The molecule has 0 spiro atoms. The first kappa shape index (κ1) is 20.4. The van der Waals surface area contributed by atoms with Crippen LogP contribution in [-0.2, 0) is 12.1 Å². The van der Waals surface area contributed by atoms with Gasteiger partial charge in [0.05, 0.1) is 12.1 Å². The molecule has 1 heterocycles. The van der Waals surface area contributed by atoms with E-state index in [-0.39, 0.29) is 5.91 Å². The summed E-state index contributed by atoms with van der Waals surface area (Å²) in [4.78, 5) is 17.0. The molecule has 5 heteroatoms. The Bertz CT molecular complexity index is 874. The molecule has 2 aromatic rings. The summed E-state index contributed by atoms with van der Waals surface area (Å²) in [5, 5.41) is 10.9. The average molecular weight is 383 g/mol. The SMILES string of the molecule is Cc1ccc(C)c(C(=O)N2CCOc3ccc(C(C)(O)CN(C)C)cc3C2)c1. The average Bonchev–Trinajstić information content (AvgIpc) is 2.83. The molecule has 0 saturated carbocycles. The molecule has 1 aliphatic rings. The summed E-state index contributed by atoms with van der Waals surface area (Å²) in [5.74, 6) is 0.795. The van der Waals surface area contributed by atoms with Crippen LogP contribution in [0, 0.1) is 13.8 Å². The minimum absolute atomic E-state index is 0.0168. The fourth-order valence-electron chi connectivity index (χ4n) is 3.75. The number of fused-ring (bicyclic) bond motifs is 1. The lowest BCUT2D eigenvalue weighted by molar-refractivity contribution is 0.0299. The molecule has 0 bridgehead atoms. The third kappa shape index (κ3) is 4.37. The van der Waals surface area contributed by atoms with Gasteiger partial charge in [-0.1, -0.05) is 23.8 Å². The second-order valence-corrected chi connectivity index (χ2v) is 8.23. The van der Waals surface area contributed by atoms with E-state index in [1.165, 1.54) is 0 Å². The topological polar surface area (TPSA) is 53.0 Å². The van der Waals surface area contributed by atoms with Crippen molar-refractivity contribution in [3.05, 3.63) is 64.2 Å². The molecule has 0 radical (unpaired) electrons. The van der Waals surface area contributed by atoms with Crippen molar-refractivity contribution >= 4 is 5.91 Å². The number of rotatable bonds is 4. The number of ether oxygens (including phenoxy) is 1. The van der Waals surface area contributed by atoms with Crippen LogP contribution in [0.15, 0.2) is 36.4 Å². The van der Waals surface area contributed by atoms with Gasteiger partial charge in [-0.2, -0.15) is 0 Å². The quantitative estimate of drug-likeness (QED) is 0.883. The summed E-state index contributed by atoms with van der Waals surface area (Å²) in [7, 11) is 3.87. The van der Waals surface area contributed by atoms with E-state index >= 15 is 0 Å². The number of carbonyl (C=O) groups excluding carboxylic acids is 1. The molecular weight excluding hydrogens is 352 g/mol. The van der Waals surface area contributed by atoms with Gasteiger partial charge in [-0.15, -0.1) is 0 Å². The van der Waals surface area contributed by atoms with Crippen LogP contribution in [0.5, 0.6) is 5.75 Å². The van der Waals surface area contributed by atoms with Crippen LogP contribution in [0.1, 0.15) is 39.5 Å². The molecule has 1 unspecified atom stereocenters. The number of nitrogens with zero attached hydrogens (tertiary/aromatic N) is 2. The molecule has 1 amide bonds. The standard InChI is InChI=1S/C23H30N2O3/c1-16-6-7-17(2)20(12-16)22(26)25-10-11-28-21-9-8-19(13-18(21)14-25)23(3,27)15-24(4)5/h6-9,12-13,27H,10-11,14-15H2,1-5H3. The summed E-state index contributed by atoms with van der Waals surface area (Å²) in [6.45, 7) is 7.74. The molecule has 1 N–H and O–H groups in total. The molecule has 150 valence electrons. The first-order valence-corrected chi connectivity index (χ1v) is 9.67. The normalized spacial score (nSPS) is 16.2. The van der Waals surface area contributed by atoms with Crippen molar-refractivity contribution in [1.82, 2.24) is 9.80 Å². The Kier molecular flexibility index (Phi) is 5.77. The van der Waals surface area contributed by atoms with Crippen LogP contribution in [0.3, 0.4) is 0 Å². The van der Waals surface area contributed by atoms with Crippen LogP contribution in [0.2, 0.25) is 0 Å². The van der Waals surface area contributed by atoms with Crippen LogP contribution in [0.4, 0.5) is 0 Å². The predicted octanol–water partition coefficient (Wildman–Crippen LogP) is 3.11. The molecule has 5 nitrogen and oxygen atoms in total. The zero-order chi connectivity index (χ0) is 20.5. The molecule has 1 aliphatic heterocycles. The van der Waals surface area contributed by atoms with Gasteiger partial charge in [0.1, 0.15) is 12.4 Å². The second kappa shape index (κ2) is 7.94. The largest absolute Gasteiger partial charge is 0.491 e. The summed E-state index contributed by atoms with van der Waals surface area (Å²) in [6.07, 6.45) is 0. The first-order chi connectivity index (χ1) is 13.2. The van der Waals surface area contributed by atoms with Crippen molar-refractivity contribution < 1.29 is 14.6 Å². The maximum Gasteiger partial charge on any atom is 0.254 e. The van der Waals surface area contributed by atoms with Gasteiger partial charge < -0.3 is 19.6 Å². The zero-order valence-corrected chi connectivity index (χ0v) is 17.5. The van der Waals surface area contributed by atoms with Gasteiger partial charge in [-0.25, -0.2) is 0 Å². The molecule has 1 atom stereocenters. The van der Waals surface area contributed by atoms with Crippen molar-refractivity contribution in [2.75, 3.05) is 33.8 Å². The van der Waals surface area contributed by atoms with Gasteiger partial charge >= 0.3 is 0 Å². The van der Waals surface area contributed by atoms with Crippen molar-refractivity contribution in [3.63, 3.8) is 0 Å². The molecule has 0 aliphatic carbocycles. The summed E-state index contributed by atoms with van der Waals surface area (Å²) in [6, 6.07) is 11.7. The van der Waals surface area contributed by atoms with Crippen molar-refractivity contribution in [2.45, 2.75) is 32.9 Å². The number of aliphatic hydroxyl groups is 1. The highest BCUT2D eigenvalue weighted by Gasteiger charge is 2.27. The lowest BCUT2D eigenvalue weighted by Crippen LogP contribution is -2.35. The second-order valence-electron chi connectivity index (χ2n) is 8.23. The monoisotopic (exact) mass is 382 g/mol. The van der Waals surface area contributed by atoms with Crippen LogP contribution in [-0.4, -0.2) is 54.6 Å². The van der Waals surface area contributed by atoms with E-state index in [1.807, 2.05) is 81.1 Å². The molecule has 0 fully saturated rings. The molecular formula is C23H30N2O3. The van der Waals surface area contributed by atoms with Crippen LogP contribution >= 0.6 is 0 Å². The van der Waals surface area contributed by atoms with Gasteiger partial charge in [0.15, 0.2) is 0 Å². The lowest BCUT2D eigenvalue weighted by atomic mass is 9.93. The van der Waals surface area contributed by atoms with Gasteiger partial charge in [0.25, 0.3) is 5.91 Å². The Morgan fingerprint density at radius 1 is 1.21 bits per heavy atom. The van der Waals surface area contributed by atoms with Gasteiger partial charge in [0.2, 0.25) is 0 Å². The third-order valence-corrected chi connectivity index (χ3v) is 5.20. The van der Waals surface area contributed by atoms with E-state index < -0.39 is 5.60 Å². The van der Waals surface area contributed by atoms with Crippen LogP contribution in [0.25, 0.3) is 0 Å². The highest BCUT2D eigenvalue weighted by atomic mass is 16.5. The van der Waals surface area contributed by atoms with Crippen molar-refractivity contribution in [1.29, 1.82) is 0 Å². The van der Waals surface area contributed by atoms with E-state index in [0.29, 0.717) is 26.2 Å². The van der Waals surface area contributed by atoms with E-state index in [2.05, 4.69) is 0 Å². The number of aryl methyl sites for hydroxylation is 2. The number of amides is 1. The number of hydrogen-bond donors (Lipinski definition) is 1. The number of carbonyl (C=O) groups is 1. The highest BCUT2D eigenvalue weighted by Crippen LogP contribution is 2.30. The Labute approximate surface area is 167 Å². The molecule has 0 aromatic heterocycles. The van der Waals surface area contributed by atoms with Gasteiger partial charge in [-0.3, -0.25) is 4.79 Å². The van der Waals surface area contributed by atoms with Gasteiger partial charge in [-0.05, 0) is 64.2 Å². The fraction of sp³-hybridized carbons (Fsp3) is 0.435. The molecule has 3 rings (SSSR count). The Morgan fingerprint density at radius 2 is 1.96 bits per heavy atom. The minimum atomic E-state index is -0.979. The van der Waals surface area contributed by atoms with E-state index in [0.717, 1.165) is 33.6 Å². The Hall–Kier alpha value is -2.37. The first-order valence-electron chi connectivity index (χ1n) is 9.67. The zero-order valence-electron chi connectivity index (χ0n) is 17.5. The third-order valence-electron chi connectivity index (χ3n) is 5.20. The molecule has 2 aromatic carbocycles. The summed E-state index contributed by atoms with van der Waals surface area (Å²) >= 11 is 0. The minimum Gasteiger partial charge on any atom is -0.491 e. The number of hydrogen-bond acceptors (Lipinski definition) is 4. The molecule has 0 saturated heterocycles. The van der Waals surface area contributed by atoms with Crippen LogP contribution < -0.4 is 4.74 Å². The van der Waals surface area contributed by atoms with E-state index in [4.69, 9.17) is 4.74 Å². The number of likely N-dealkylation sites (N-methyl/N-ethyl adjacent to an activating group) is 1. The predicted molar refractivity (Wildman–Crippen MR) is 111 cm³/mol. The van der Waals surface area contributed by atoms with Crippen molar-refractivity contribution in [3.8, 4) is 5.75 Å².